The number of thiol groups is 1. The number of hydrogen-bond donors (Lipinski definition) is 1. The molecule has 0 bridgehead atoms. The Balaban J connectivity index is 0.000000167. The molecule has 0 aliphatic heterocycles. The minimum absolute atomic E-state index is 0.584. The third-order valence-electron chi connectivity index (χ3n) is 15.6. The van der Waals surface area contributed by atoms with Gasteiger partial charge in [0.2, 0.25) is 0 Å². The Morgan fingerprint density at radius 1 is 0.619 bits per heavy atom. The summed E-state index contributed by atoms with van der Waals surface area (Å²) < 4.78 is 3.87. The first-order valence-corrected chi connectivity index (χ1v) is 31.2. The number of benzene rings is 8. The molecule has 1 nitrogen and oxygen atoms in total. The average Bonchev–Trinajstić information content (AvgIpc) is 1.95. The van der Waals surface area contributed by atoms with Crippen LogP contribution in [0.3, 0.4) is 0 Å². The molecule has 8 aromatic carbocycles. The Bertz CT molecular complexity index is 4340. The predicted molar refractivity (Wildman–Crippen MR) is 377 cm³/mol. The molecular weight excluding hydrogens is 1050 g/mol. The summed E-state index contributed by atoms with van der Waals surface area (Å²) in [5.74, 6) is 6.94. The van der Waals surface area contributed by atoms with Gasteiger partial charge in [0.1, 0.15) is 0 Å². The topological polar surface area (TPSA) is 4.93 Å². The lowest BCUT2D eigenvalue weighted by Crippen LogP contribution is -2.01. The van der Waals surface area contributed by atoms with Gasteiger partial charge in [0.25, 0.3) is 0 Å². The van der Waals surface area contributed by atoms with Gasteiger partial charge in [-0.3, -0.25) is 0 Å². The minimum Gasteiger partial charge on any atom is -0.309 e. The summed E-state index contributed by atoms with van der Waals surface area (Å²) >= 11 is 5.40. The van der Waals surface area contributed by atoms with Crippen molar-refractivity contribution in [3.05, 3.63) is 287 Å². The van der Waals surface area contributed by atoms with Crippen molar-refractivity contribution in [1.29, 1.82) is 0 Å². The van der Waals surface area contributed by atoms with Gasteiger partial charge in [-0.1, -0.05) is 250 Å². The zero-order chi connectivity index (χ0) is 58.5. The molecule has 4 aliphatic carbocycles. The Morgan fingerprint density at radius 3 is 2.04 bits per heavy atom. The lowest BCUT2D eigenvalue weighted by Gasteiger charge is -2.17. The normalized spacial score (nSPS) is 13.9. The van der Waals surface area contributed by atoms with Crippen LogP contribution >= 0.6 is 24.0 Å². The Labute approximate surface area is 508 Å². The van der Waals surface area contributed by atoms with Crippen molar-refractivity contribution >= 4 is 95.4 Å². The zero-order valence-electron chi connectivity index (χ0n) is 49.6. The van der Waals surface area contributed by atoms with Crippen LogP contribution in [0.1, 0.15) is 97.3 Å². The number of aromatic nitrogens is 1. The third kappa shape index (κ3) is 12.8. The molecule has 0 saturated heterocycles. The summed E-state index contributed by atoms with van der Waals surface area (Å²) in [6.07, 6.45) is 34.0. The van der Waals surface area contributed by atoms with E-state index in [1.807, 2.05) is 67.7 Å². The van der Waals surface area contributed by atoms with Crippen LogP contribution in [0.5, 0.6) is 0 Å². The molecule has 2 heterocycles. The fraction of sp³-hybridized carbons (Fsp3) is 0.160. The van der Waals surface area contributed by atoms with Gasteiger partial charge in [-0.2, -0.15) is 12.6 Å². The van der Waals surface area contributed by atoms with Crippen LogP contribution in [-0.2, 0) is 12.8 Å². The van der Waals surface area contributed by atoms with E-state index in [-0.39, 0.29) is 0 Å². The van der Waals surface area contributed by atoms with E-state index >= 15 is 0 Å². The van der Waals surface area contributed by atoms with Crippen molar-refractivity contribution in [3.8, 4) is 39.8 Å². The molecule has 10 aromatic rings. The highest BCUT2D eigenvalue weighted by molar-refractivity contribution is 7.79. The van der Waals surface area contributed by atoms with E-state index in [0.717, 1.165) is 49.7 Å². The van der Waals surface area contributed by atoms with Crippen LogP contribution < -0.4 is 0 Å². The van der Waals surface area contributed by atoms with E-state index in [1.165, 1.54) is 126 Å². The van der Waals surface area contributed by atoms with Gasteiger partial charge in [-0.05, 0) is 183 Å². The third-order valence-corrected chi connectivity index (χ3v) is 16.8. The van der Waals surface area contributed by atoms with Gasteiger partial charge in [0.15, 0.2) is 0 Å². The number of fused-ring (bicyclic) bond motifs is 10. The van der Waals surface area contributed by atoms with Crippen LogP contribution in [0.25, 0.3) is 99.3 Å². The van der Waals surface area contributed by atoms with Crippen molar-refractivity contribution < 1.29 is 0 Å². The Kier molecular flexibility index (Phi) is 19.2. The largest absolute Gasteiger partial charge is 0.309 e. The predicted octanol–water partition coefficient (Wildman–Crippen LogP) is 23.1. The molecule has 0 spiro atoms. The summed E-state index contributed by atoms with van der Waals surface area (Å²) in [5.41, 5.74) is 22.1. The molecule has 0 N–H and O–H groups in total. The standard InChI is InChI=1S/C45H33N.C14H10S.C13H16.C8H12.CH4S/c1-28-20-24-44-41(26-28)37-16-6-7-19-42(37)46(44)43-25-23-31(33-12-4-5-15-36(33)43)29-10-8-11-30(27-29)32-21-22-40-35-14-3-2-13-34(35)39-18-9-17-38(32)45(39)40;1-2-4-9-13-11(7-3-1)12-8-5-6-10-14(12)15-13;1-11(2)9-10-12(3)13-7-5-4-6-8-13;1-4-5-6-7-8(2)3;1-2/h4-5,7-15,17-27H,2-3,6,16H2,1H3;3,5-8,10H,1,9H2;4-11H,3H2,1-2H3;4-7H,2H2,1,3H3;2H,1H3/b;7-3-;10-9-;5-4-,7-6-;. The second-order valence-electron chi connectivity index (χ2n) is 21.9. The molecule has 0 fully saturated rings. The molecule has 0 unspecified atom stereocenters. The van der Waals surface area contributed by atoms with Gasteiger partial charge in [0.05, 0.1) is 11.2 Å². The summed E-state index contributed by atoms with van der Waals surface area (Å²) in [4.78, 5) is 1.40. The van der Waals surface area contributed by atoms with Crippen LogP contribution in [0, 0.1) is 24.7 Å². The van der Waals surface area contributed by atoms with E-state index in [0.29, 0.717) is 5.92 Å². The van der Waals surface area contributed by atoms with Crippen LogP contribution in [0.2, 0.25) is 0 Å². The molecule has 4 aliphatic rings. The van der Waals surface area contributed by atoms with Gasteiger partial charge >= 0.3 is 0 Å². The molecule has 0 radical (unpaired) electrons. The maximum atomic E-state index is 4.01. The van der Waals surface area contributed by atoms with Crippen molar-refractivity contribution in [1.82, 2.24) is 4.57 Å². The molecule has 14 rings (SSSR count). The second kappa shape index (κ2) is 27.6. The molecule has 3 heteroatoms. The first kappa shape index (κ1) is 58.5. The maximum Gasteiger partial charge on any atom is 0.0540 e. The number of thiophene rings is 1. The summed E-state index contributed by atoms with van der Waals surface area (Å²) in [6, 6.07) is 60.1. The fourth-order valence-electron chi connectivity index (χ4n) is 11.8. The van der Waals surface area contributed by atoms with E-state index in [4.69, 9.17) is 0 Å². The van der Waals surface area contributed by atoms with Crippen LogP contribution in [-0.4, -0.2) is 10.8 Å². The maximum absolute atomic E-state index is 4.01. The highest BCUT2D eigenvalue weighted by Crippen LogP contribution is 2.50. The van der Waals surface area contributed by atoms with Crippen molar-refractivity contribution in [2.24, 2.45) is 5.92 Å². The van der Waals surface area contributed by atoms with E-state index in [2.05, 4.69) is 257 Å². The van der Waals surface area contributed by atoms with E-state index < -0.39 is 0 Å². The zero-order valence-corrected chi connectivity index (χ0v) is 51.3. The number of rotatable bonds is 8. The average molecular weight is 1130 g/mol. The molecular formula is C81H75NS2. The first-order valence-electron chi connectivity index (χ1n) is 29.5. The van der Waals surface area contributed by atoms with Gasteiger partial charge in [-0.25, -0.2) is 0 Å². The van der Waals surface area contributed by atoms with Crippen LogP contribution in [0.15, 0.2) is 243 Å². The number of hydrogen-bond acceptors (Lipinski definition) is 2. The van der Waals surface area contributed by atoms with Crippen molar-refractivity contribution in [2.45, 2.75) is 73.1 Å². The van der Waals surface area contributed by atoms with E-state index in [1.54, 1.807) is 6.26 Å². The Morgan fingerprint density at radius 2 is 1.29 bits per heavy atom. The van der Waals surface area contributed by atoms with Crippen LogP contribution in [0.4, 0.5) is 0 Å². The lowest BCUT2D eigenvalue weighted by molar-refractivity contribution is 0.832. The second-order valence-corrected chi connectivity index (χ2v) is 23.1. The molecule has 84 heavy (non-hydrogen) atoms. The van der Waals surface area contributed by atoms with Gasteiger partial charge in [-0.15, -0.1) is 11.3 Å². The smallest absolute Gasteiger partial charge is 0.0540 e. The molecule has 2 aromatic heterocycles. The molecule has 0 amide bonds. The number of nitrogens with zero attached hydrogens (tertiary/aromatic N) is 1. The molecule has 0 saturated carbocycles. The van der Waals surface area contributed by atoms with E-state index in [9.17, 15) is 0 Å². The monoisotopic (exact) mass is 1130 g/mol. The summed E-state index contributed by atoms with van der Waals surface area (Å²) in [7, 11) is 0. The molecule has 0 atom stereocenters. The van der Waals surface area contributed by atoms with Gasteiger partial charge < -0.3 is 4.57 Å². The van der Waals surface area contributed by atoms with Crippen molar-refractivity contribution in [2.75, 3.05) is 6.26 Å². The highest BCUT2D eigenvalue weighted by atomic mass is 32.1. The Hall–Kier alpha value is -8.65. The first-order chi connectivity index (χ1) is 41.2. The summed E-state index contributed by atoms with van der Waals surface area (Å²) in [6.45, 7) is 18.2. The molecule has 416 valence electrons. The fourth-order valence-corrected chi connectivity index (χ4v) is 12.9. The number of aryl methyl sites for hydroxylation is 2. The van der Waals surface area contributed by atoms with Gasteiger partial charge in [0, 0.05) is 38.9 Å². The number of allylic oxidation sites excluding steroid dienone is 14. The lowest BCUT2D eigenvalue weighted by atomic mass is 9.91. The van der Waals surface area contributed by atoms with Crippen molar-refractivity contribution in [3.63, 3.8) is 0 Å². The SMILES string of the molecule is C1#CCc2sc3ccccc3c2/C=C\C1.C=C(/C=C\C(C)C)c1ccccc1.C=C(C)/C=C\C=C/C.CS.Cc1ccc2c(c1)c1c(n2-c2ccc(-c3cccc(-c4ccc5c6c(cccc46)C4=CCCC=C45)c3)c3ccccc23)C=CCC1. The highest BCUT2D eigenvalue weighted by Gasteiger charge is 2.27. The quantitative estimate of drug-likeness (QED) is 0.0879. The minimum atomic E-state index is 0.584. The summed E-state index contributed by atoms with van der Waals surface area (Å²) in [5, 5.41) is 8.07.